The van der Waals surface area contributed by atoms with Crippen LogP contribution in [-0.4, -0.2) is 38.8 Å². The van der Waals surface area contributed by atoms with E-state index in [2.05, 4.69) is 10.6 Å². The Morgan fingerprint density at radius 2 is 2.40 bits per heavy atom. The number of hydrogen-bond acceptors (Lipinski definition) is 4. The van der Waals surface area contributed by atoms with Crippen molar-refractivity contribution in [2.24, 2.45) is 0 Å². The maximum absolute atomic E-state index is 13.3. The molecule has 2 atom stereocenters. The molecule has 1 amide bonds. The Morgan fingerprint density at radius 3 is 3.05 bits per heavy atom. The van der Waals surface area contributed by atoms with E-state index in [1.807, 2.05) is 0 Å². The fourth-order valence-corrected chi connectivity index (χ4v) is 2.16. The lowest BCUT2D eigenvalue weighted by molar-refractivity contribution is -0.134. The van der Waals surface area contributed by atoms with Gasteiger partial charge in [0, 0.05) is 18.7 Å². The number of ether oxygens (including phenoxy) is 2. The molecule has 1 aromatic rings. The first-order valence-electron chi connectivity index (χ1n) is 6.58. The molecule has 1 fully saturated rings. The average molecular weight is 282 g/mol. The predicted octanol–water partition coefficient (Wildman–Crippen LogP) is 1.000. The van der Waals surface area contributed by atoms with Crippen molar-refractivity contribution >= 4 is 5.91 Å². The van der Waals surface area contributed by atoms with Gasteiger partial charge in [-0.1, -0.05) is 0 Å². The number of carbonyl (C=O) groups excluding carboxylic acids is 1. The van der Waals surface area contributed by atoms with Crippen molar-refractivity contribution in [3.63, 3.8) is 0 Å². The van der Waals surface area contributed by atoms with Crippen LogP contribution >= 0.6 is 0 Å². The molecule has 20 heavy (non-hydrogen) atoms. The molecule has 2 N–H and O–H groups in total. The fraction of sp³-hybridized carbons (Fsp3) is 0.500. The number of nitrogens with one attached hydrogen (secondary N) is 2. The molecular formula is C14H19FN2O3. The molecule has 2 rings (SSSR count). The van der Waals surface area contributed by atoms with Crippen LogP contribution < -0.4 is 15.4 Å². The Labute approximate surface area is 117 Å². The van der Waals surface area contributed by atoms with E-state index in [0.29, 0.717) is 24.5 Å². The van der Waals surface area contributed by atoms with Gasteiger partial charge in [0.05, 0.1) is 19.8 Å². The van der Waals surface area contributed by atoms with Crippen LogP contribution in [0.5, 0.6) is 5.75 Å². The van der Waals surface area contributed by atoms with E-state index in [1.165, 1.54) is 19.2 Å². The molecule has 1 aliphatic rings. The molecular weight excluding hydrogens is 263 g/mol. The van der Waals surface area contributed by atoms with Crippen molar-refractivity contribution in [3.05, 3.63) is 29.6 Å². The Bertz CT molecular complexity index is 475. The maximum Gasteiger partial charge on any atom is 0.250 e. The van der Waals surface area contributed by atoms with Gasteiger partial charge < -0.3 is 20.1 Å². The third-order valence-electron chi connectivity index (χ3n) is 3.24. The van der Waals surface area contributed by atoms with Gasteiger partial charge in [0.2, 0.25) is 0 Å². The number of hydrogen-bond donors (Lipinski definition) is 2. The normalized spacial score (nSPS) is 20.2. The van der Waals surface area contributed by atoms with Gasteiger partial charge in [-0.3, -0.25) is 4.79 Å². The molecule has 0 radical (unpaired) electrons. The minimum Gasteiger partial charge on any atom is -0.496 e. The quantitative estimate of drug-likeness (QED) is 0.865. The minimum absolute atomic E-state index is 0.212. The fourth-order valence-electron chi connectivity index (χ4n) is 2.16. The second-order valence-electron chi connectivity index (χ2n) is 4.68. The first-order valence-corrected chi connectivity index (χ1v) is 6.58. The Hall–Kier alpha value is -1.66. The third-order valence-corrected chi connectivity index (χ3v) is 3.24. The van der Waals surface area contributed by atoms with Crippen LogP contribution in [0, 0.1) is 5.82 Å². The molecule has 110 valence electrons. The second-order valence-corrected chi connectivity index (χ2v) is 4.68. The summed E-state index contributed by atoms with van der Waals surface area (Å²) >= 11 is 0. The highest BCUT2D eigenvalue weighted by Gasteiger charge is 2.24. The summed E-state index contributed by atoms with van der Waals surface area (Å²) in [4.78, 5) is 12.1. The first-order chi connectivity index (χ1) is 9.61. The molecule has 0 aromatic heterocycles. The molecule has 1 heterocycles. The van der Waals surface area contributed by atoms with E-state index in [0.717, 1.165) is 6.54 Å². The van der Waals surface area contributed by atoms with Crippen LogP contribution in [0.3, 0.4) is 0 Å². The van der Waals surface area contributed by atoms with E-state index in [1.54, 1.807) is 13.0 Å². The van der Waals surface area contributed by atoms with Gasteiger partial charge in [-0.15, -0.1) is 0 Å². The number of halogens is 1. The molecule has 5 nitrogen and oxygen atoms in total. The monoisotopic (exact) mass is 282 g/mol. The number of carbonyl (C=O) groups is 1. The molecule has 0 saturated carbocycles. The number of benzene rings is 1. The SMILES string of the molecule is COc1ccc(F)cc1C(C)NC(=O)C1CNCCO1. The van der Waals surface area contributed by atoms with E-state index >= 15 is 0 Å². The number of amides is 1. The smallest absolute Gasteiger partial charge is 0.250 e. The average Bonchev–Trinajstić information content (AvgIpc) is 2.48. The van der Waals surface area contributed by atoms with Crippen LogP contribution in [-0.2, 0) is 9.53 Å². The lowest BCUT2D eigenvalue weighted by Crippen LogP contribution is -2.48. The Kier molecular flexibility index (Phi) is 4.92. The van der Waals surface area contributed by atoms with Crippen molar-refractivity contribution in [3.8, 4) is 5.75 Å². The second kappa shape index (κ2) is 6.67. The number of methoxy groups -OCH3 is 1. The molecule has 1 aliphatic heterocycles. The van der Waals surface area contributed by atoms with Gasteiger partial charge in [0.15, 0.2) is 0 Å². The summed E-state index contributed by atoms with van der Waals surface area (Å²) in [7, 11) is 1.51. The first kappa shape index (κ1) is 14.7. The lowest BCUT2D eigenvalue weighted by atomic mass is 10.1. The highest BCUT2D eigenvalue weighted by Crippen LogP contribution is 2.25. The largest absolute Gasteiger partial charge is 0.496 e. The zero-order valence-corrected chi connectivity index (χ0v) is 11.6. The van der Waals surface area contributed by atoms with E-state index < -0.39 is 6.10 Å². The zero-order valence-electron chi connectivity index (χ0n) is 11.6. The standard InChI is InChI=1S/C14H19FN2O3/c1-9(11-7-10(15)3-4-12(11)19-2)17-14(18)13-8-16-5-6-20-13/h3-4,7,9,13,16H,5-6,8H2,1-2H3,(H,17,18). The summed E-state index contributed by atoms with van der Waals surface area (Å²) in [6.45, 7) is 3.52. The molecule has 6 heteroatoms. The highest BCUT2D eigenvalue weighted by atomic mass is 19.1. The van der Waals surface area contributed by atoms with Crippen molar-refractivity contribution in [1.29, 1.82) is 0 Å². The summed E-state index contributed by atoms with van der Waals surface area (Å²) < 4.78 is 23.9. The van der Waals surface area contributed by atoms with Crippen LogP contribution in [0.2, 0.25) is 0 Å². The van der Waals surface area contributed by atoms with Gasteiger partial charge in [0.1, 0.15) is 17.7 Å². The van der Waals surface area contributed by atoms with Crippen molar-refractivity contribution < 1.29 is 18.7 Å². The summed E-state index contributed by atoms with van der Waals surface area (Å²) in [5.41, 5.74) is 0.601. The molecule has 0 bridgehead atoms. The van der Waals surface area contributed by atoms with Gasteiger partial charge in [-0.05, 0) is 25.1 Å². The minimum atomic E-state index is -0.509. The van der Waals surface area contributed by atoms with Crippen molar-refractivity contribution in [2.75, 3.05) is 26.8 Å². The number of rotatable bonds is 4. The highest BCUT2D eigenvalue weighted by molar-refractivity contribution is 5.81. The van der Waals surface area contributed by atoms with Crippen molar-refractivity contribution in [2.45, 2.75) is 19.1 Å². The molecule has 1 saturated heterocycles. The van der Waals surface area contributed by atoms with Gasteiger partial charge in [0.25, 0.3) is 5.91 Å². The van der Waals surface area contributed by atoms with Crippen LogP contribution in [0.15, 0.2) is 18.2 Å². The van der Waals surface area contributed by atoms with E-state index in [9.17, 15) is 9.18 Å². The third kappa shape index (κ3) is 3.46. The van der Waals surface area contributed by atoms with Gasteiger partial charge in [-0.25, -0.2) is 4.39 Å². The summed E-state index contributed by atoms with van der Waals surface area (Å²) in [5, 5.41) is 5.91. The Morgan fingerprint density at radius 1 is 1.60 bits per heavy atom. The number of morpholine rings is 1. The van der Waals surface area contributed by atoms with Crippen LogP contribution in [0.1, 0.15) is 18.5 Å². The van der Waals surface area contributed by atoms with E-state index in [-0.39, 0.29) is 17.8 Å². The van der Waals surface area contributed by atoms with Gasteiger partial charge in [-0.2, -0.15) is 0 Å². The summed E-state index contributed by atoms with van der Waals surface area (Å²) in [6.07, 6.45) is -0.509. The van der Waals surface area contributed by atoms with Crippen LogP contribution in [0.25, 0.3) is 0 Å². The lowest BCUT2D eigenvalue weighted by Gasteiger charge is -2.25. The molecule has 0 aliphatic carbocycles. The molecule has 2 unspecified atom stereocenters. The predicted molar refractivity (Wildman–Crippen MR) is 72.1 cm³/mol. The van der Waals surface area contributed by atoms with Gasteiger partial charge >= 0.3 is 0 Å². The summed E-state index contributed by atoms with van der Waals surface area (Å²) in [5.74, 6) is -0.0321. The van der Waals surface area contributed by atoms with Crippen molar-refractivity contribution in [1.82, 2.24) is 10.6 Å². The molecule has 1 aromatic carbocycles. The Balaban J connectivity index is 2.05. The summed E-state index contributed by atoms with van der Waals surface area (Å²) in [6, 6.07) is 3.87. The topological polar surface area (TPSA) is 59.6 Å². The molecule has 0 spiro atoms. The van der Waals surface area contributed by atoms with Crippen LogP contribution in [0.4, 0.5) is 4.39 Å². The van der Waals surface area contributed by atoms with E-state index in [4.69, 9.17) is 9.47 Å². The zero-order chi connectivity index (χ0) is 14.5. The maximum atomic E-state index is 13.3.